The van der Waals surface area contributed by atoms with E-state index in [1.807, 2.05) is 113 Å². The van der Waals surface area contributed by atoms with Crippen molar-refractivity contribution in [2.45, 2.75) is 78.1 Å². The van der Waals surface area contributed by atoms with Gasteiger partial charge < -0.3 is 41.6 Å². The molecule has 17 heteroatoms. The average molecular weight is 961 g/mol. The summed E-state index contributed by atoms with van der Waals surface area (Å²) in [5, 5.41) is 26.6. The highest BCUT2D eigenvalue weighted by Gasteiger charge is 2.44. The Hall–Kier alpha value is -7.76. The smallest absolute Gasteiger partial charge is 0.255 e. The minimum Gasteiger partial charge on any atom is -0.391 e. The number of amides is 5. The molecule has 0 aliphatic carbocycles. The van der Waals surface area contributed by atoms with Crippen molar-refractivity contribution < 1.29 is 29.1 Å². The van der Waals surface area contributed by atoms with Crippen LogP contribution in [0.3, 0.4) is 0 Å². The summed E-state index contributed by atoms with van der Waals surface area (Å²) in [6.07, 6.45) is 2.90. The van der Waals surface area contributed by atoms with E-state index in [-0.39, 0.29) is 56.1 Å². The Kier molecular flexibility index (Phi) is 14.8. The number of likely N-dealkylation sites (tertiary alicyclic amines) is 1. The number of fused-ring (bicyclic) bond motifs is 1. The molecule has 1 aliphatic rings. The number of rotatable bonds is 16. The SMILES string of the molecule is Cc1ncsc1-c1ccc([C@@H](C)NC(=O)C2C[C@H](O)CN2C(=O)[C@H](NC(=O)CCCNC(=O)c2ccc(C(=O)Nc3cccc(Nc4cc(-c5c[nH]c6ccccc56)ncn4)c3)cc2)C(C)(C)C)cc1. The number of aromatic nitrogens is 4. The Morgan fingerprint density at radius 3 is 2.31 bits per heavy atom. The number of benzene rings is 4. The summed E-state index contributed by atoms with van der Waals surface area (Å²) in [7, 11) is 0. The van der Waals surface area contributed by atoms with E-state index in [0.717, 1.165) is 43.9 Å². The van der Waals surface area contributed by atoms with Gasteiger partial charge in [0.1, 0.15) is 24.2 Å². The van der Waals surface area contributed by atoms with Crippen molar-refractivity contribution in [3.05, 3.63) is 144 Å². The van der Waals surface area contributed by atoms with E-state index in [9.17, 15) is 29.1 Å². The van der Waals surface area contributed by atoms with Gasteiger partial charge in [-0.1, -0.05) is 69.3 Å². The number of aromatic amines is 1. The van der Waals surface area contributed by atoms with Crippen molar-refractivity contribution in [1.29, 1.82) is 0 Å². The molecule has 16 nitrogen and oxygen atoms in total. The van der Waals surface area contributed by atoms with Crippen molar-refractivity contribution in [3.8, 4) is 21.7 Å². The van der Waals surface area contributed by atoms with E-state index in [1.54, 1.807) is 47.7 Å². The molecule has 1 unspecified atom stereocenters. The molecule has 4 aromatic carbocycles. The predicted molar refractivity (Wildman–Crippen MR) is 271 cm³/mol. The molecule has 0 bridgehead atoms. The van der Waals surface area contributed by atoms with E-state index >= 15 is 0 Å². The quantitative estimate of drug-likeness (QED) is 0.0463. The molecule has 7 aromatic rings. The van der Waals surface area contributed by atoms with Gasteiger partial charge in [0.05, 0.1) is 33.9 Å². The number of hydrogen-bond acceptors (Lipinski definition) is 11. The van der Waals surface area contributed by atoms with Crippen LogP contribution in [0.4, 0.5) is 17.2 Å². The minimum absolute atomic E-state index is 0.0203. The highest BCUT2D eigenvalue weighted by atomic mass is 32.1. The molecule has 360 valence electrons. The van der Waals surface area contributed by atoms with Crippen LogP contribution in [0, 0.1) is 12.3 Å². The van der Waals surface area contributed by atoms with Crippen LogP contribution in [0.15, 0.2) is 121 Å². The Bertz CT molecular complexity index is 3020. The third-order valence-electron chi connectivity index (χ3n) is 12.3. The maximum absolute atomic E-state index is 14.1. The third-order valence-corrected chi connectivity index (χ3v) is 13.2. The number of thiazole rings is 1. The first-order valence-electron chi connectivity index (χ1n) is 23.1. The molecular formula is C53H56N10O6S. The standard InChI is InChI=1S/C53H56N10O6S/c1-31(33-15-17-34(18-16-33)47-32(2)58-30-70-47)59-51(68)44-25-39(64)28-63(44)52(69)48(53(3,4)5)62-46(65)14-9-23-54-49(66)35-19-21-36(22-20-35)50(67)61-38-11-8-10-37(24-38)60-45-26-43(56-29-57-45)41-27-55-42-13-7-6-12-40(41)42/h6-8,10-13,15-22,24,26-27,29-31,39,44,48,55,64H,9,14,23,25,28H2,1-5H3,(H,54,66)(H,59,68)(H,61,67)(H,62,65)(H,56,57,60)/t31-,39+,44?,48+/m1/s1. The van der Waals surface area contributed by atoms with Gasteiger partial charge in [-0.05, 0) is 85.3 Å². The molecule has 3 aromatic heterocycles. The number of aliphatic hydroxyl groups excluding tert-OH is 1. The summed E-state index contributed by atoms with van der Waals surface area (Å²) in [5.41, 5.74) is 8.62. The lowest BCUT2D eigenvalue weighted by atomic mass is 9.85. The lowest BCUT2D eigenvalue weighted by Crippen LogP contribution is -2.57. The molecule has 4 atom stereocenters. The Labute approximate surface area is 409 Å². The highest BCUT2D eigenvalue weighted by molar-refractivity contribution is 7.13. The maximum atomic E-state index is 14.1. The number of nitrogens with one attached hydrogen (secondary N) is 6. The number of carbonyl (C=O) groups is 5. The first-order chi connectivity index (χ1) is 33.6. The summed E-state index contributed by atoms with van der Waals surface area (Å²) in [6, 6.07) is 28.9. The Balaban J connectivity index is 0.790. The average Bonchev–Trinajstić information content (AvgIpc) is 4.10. The molecule has 5 amide bonds. The second kappa shape index (κ2) is 21.3. The fraction of sp³-hybridized carbons (Fsp3) is 0.283. The van der Waals surface area contributed by atoms with Gasteiger partial charge in [0.15, 0.2) is 0 Å². The molecule has 7 N–H and O–H groups in total. The lowest BCUT2D eigenvalue weighted by Gasteiger charge is -2.35. The van der Waals surface area contributed by atoms with Crippen molar-refractivity contribution in [1.82, 2.24) is 40.8 Å². The second-order valence-corrected chi connectivity index (χ2v) is 19.4. The van der Waals surface area contributed by atoms with Crippen LogP contribution in [0.2, 0.25) is 0 Å². The van der Waals surface area contributed by atoms with Gasteiger partial charge in [-0.3, -0.25) is 24.0 Å². The van der Waals surface area contributed by atoms with Gasteiger partial charge >= 0.3 is 0 Å². The summed E-state index contributed by atoms with van der Waals surface area (Å²) < 4.78 is 0. The number of H-pyrrole nitrogens is 1. The fourth-order valence-electron chi connectivity index (χ4n) is 8.46. The Morgan fingerprint density at radius 2 is 1.59 bits per heavy atom. The van der Waals surface area contributed by atoms with Crippen molar-refractivity contribution in [2.75, 3.05) is 23.7 Å². The normalized spacial score (nSPS) is 15.5. The topological polar surface area (TPSA) is 223 Å². The van der Waals surface area contributed by atoms with E-state index in [2.05, 4.69) is 46.5 Å². The summed E-state index contributed by atoms with van der Waals surface area (Å²) in [4.78, 5) is 86.2. The van der Waals surface area contributed by atoms with Crippen LogP contribution in [0.5, 0.6) is 0 Å². The number of para-hydroxylation sites is 1. The molecule has 0 saturated carbocycles. The molecular weight excluding hydrogens is 905 g/mol. The summed E-state index contributed by atoms with van der Waals surface area (Å²) >= 11 is 1.56. The van der Waals surface area contributed by atoms with Crippen molar-refractivity contribution >= 4 is 69.0 Å². The zero-order chi connectivity index (χ0) is 49.5. The summed E-state index contributed by atoms with van der Waals surface area (Å²) in [5.74, 6) is -1.39. The molecule has 0 radical (unpaired) electrons. The Morgan fingerprint density at radius 1 is 0.857 bits per heavy atom. The molecule has 8 rings (SSSR count). The maximum Gasteiger partial charge on any atom is 0.255 e. The fourth-order valence-corrected chi connectivity index (χ4v) is 9.27. The number of nitrogens with zero attached hydrogens (tertiary/aromatic N) is 4. The van der Waals surface area contributed by atoms with E-state index in [4.69, 9.17) is 0 Å². The van der Waals surface area contributed by atoms with Crippen LogP contribution in [-0.2, 0) is 14.4 Å². The second-order valence-electron chi connectivity index (χ2n) is 18.5. The van der Waals surface area contributed by atoms with Crippen LogP contribution in [0.25, 0.3) is 32.6 Å². The number of hydrogen-bond donors (Lipinski definition) is 7. The number of carbonyl (C=O) groups excluding carboxylic acids is 5. The van der Waals surface area contributed by atoms with Gasteiger partial charge in [-0.25, -0.2) is 15.0 Å². The third kappa shape index (κ3) is 11.6. The number of β-amino-alcohol motifs (C(OH)–C–C–N with tert-alkyl or cyclic N) is 1. The monoisotopic (exact) mass is 960 g/mol. The summed E-state index contributed by atoms with van der Waals surface area (Å²) in [6.45, 7) is 9.44. The molecule has 0 spiro atoms. The van der Waals surface area contributed by atoms with Gasteiger partial charge in [0, 0.05) is 77.2 Å². The van der Waals surface area contributed by atoms with Gasteiger partial charge in [-0.2, -0.15) is 0 Å². The predicted octanol–water partition coefficient (Wildman–Crippen LogP) is 7.93. The molecule has 70 heavy (non-hydrogen) atoms. The van der Waals surface area contributed by atoms with Gasteiger partial charge in [0.2, 0.25) is 17.7 Å². The van der Waals surface area contributed by atoms with E-state index in [1.165, 1.54) is 11.2 Å². The molecule has 1 aliphatic heterocycles. The van der Waals surface area contributed by atoms with E-state index < -0.39 is 35.4 Å². The first-order valence-corrected chi connectivity index (χ1v) is 24.0. The number of aryl methyl sites for hydroxylation is 1. The number of aliphatic hydroxyl groups is 1. The molecule has 1 saturated heterocycles. The van der Waals surface area contributed by atoms with Crippen LogP contribution >= 0.6 is 11.3 Å². The van der Waals surface area contributed by atoms with Crippen LogP contribution < -0.4 is 26.6 Å². The van der Waals surface area contributed by atoms with Crippen molar-refractivity contribution in [3.63, 3.8) is 0 Å². The van der Waals surface area contributed by atoms with Crippen LogP contribution in [0.1, 0.15) is 85.0 Å². The lowest BCUT2D eigenvalue weighted by molar-refractivity contribution is -0.144. The van der Waals surface area contributed by atoms with Crippen molar-refractivity contribution in [2.24, 2.45) is 5.41 Å². The largest absolute Gasteiger partial charge is 0.391 e. The van der Waals surface area contributed by atoms with Gasteiger partial charge in [0.25, 0.3) is 11.8 Å². The first kappa shape index (κ1) is 48.7. The molecule has 4 heterocycles. The van der Waals surface area contributed by atoms with Gasteiger partial charge in [-0.15, -0.1) is 11.3 Å². The van der Waals surface area contributed by atoms with E-state index in [0.29, 0.717) is 28.3 Å². The highest BCUT2D eigenvalue weighted by Crippen LogP contribution is 2.31. The zero-order valence-electron chi connectivity index (χ0n) is 39.6. The zero-order valence-corrected chi connectivity index (χ0v) is 40.4. The van der Waals surface area contributed by atoms with Crippen LogP contribution in [-0.4, -0.2) is 90.8 Å². The molecule has 1 fully saturated rings. The minimum atomic E-state index is -0.985. The number of anilines is 3.